The lowest BCUT2D eigenvalue weighted by atomic mass is 10.1. The molecule has 0 saturated carbocycles. The van der Waals surface area contributed by atoms with E-state index in [1.165, 1.54) is 0 Å². The highest BCUT2D eigenvalue weighted by molar-refractivity contribution is 6.07. The van der Waals surface area contributed by atoms with Crippen molar-refractivity contribution in [1.82, 2.24) is 9.78 Å². The zero-order chi connectivity index (χ0) is 18.1. The zero-order valence-electron chi connectivity index (χ0n) is 14.3. The SMILES string of the molecule is CC(=O)N1CCc2cc(NC(=O)c3ccccc3-n3cccn3)ccc21. The molecule has 0 saturated heterocycles. The van der Waals surface area contributed by atoms with Crippen LogP contribution in [-0.4, -0.2) is 28.1 Å². The molecule has 0 aliphatic carbocycles. The molecule has 0 radical (unpaired) electrons. The topological polar surface area (TPSA) is 67.2 Å². The van der Waals surface area contributed by atoms with Crippen LogP contribution in [0.4, 0.5) is 11.4 Å². The maximum atomic E-state index is 12.8. The predicted molar refractivity (Wildman–Crippen MR) is 99.7 cm³/mol. The standard InChI is InChI=1S/C20H18N4O2/c1-14(25)23-12-9-15-13-16(7-8-18(15)23)22-20(26)17-5-2-3-6-19(17)24-11-4-10-21-24/h2-8,10-11,13H,9,12H2,1H3,(H,22,26). The minimum absolute atomic E-state index is 0.0358. The number of nitrogens with zero attached hydrogens (tertiary/aromatic N) is 3. The molecule has 6 heteroatoms. The number of aromatic nitrogens is 2. The van der Waals surface area contributed by atoms with Crippen LogP contribution in [-0.2, 0) is 11.2 Å². The largest absolute Gasteiger partial charge is 0.322 e. The van der Waals surface area contributed by atoms with E-state index in [9.17, 15) is 9.59 Å². The summed E-state index contributed by atoms with van der Waals surface area (Å²) in [6.07, 6.45) is 4.27. The summed E-state index contributed by atoms with van der Waals surface area (Å²) in [5.41, 5.74) is 3.97. The number of anilines is 2. The van der Waals surface area contributed by atoms with Gasteiger partial charge in [0.1, 0.15) is 0 Å². The Bertz CT molecular complexity index is 979. The summed E-state index contributed by atoms with van der Waals surface area (Å²) >= 11 is 0. The fourth-order valence-corrected chi connectivity index (χ4v) is 3.28. The highest BCUT2D eigenvalue weighted by atomic mass is 16.2. The monoisotopic (exact) mass is 346 g/mol. The minimum atomic E-state index is -0.197. The maximum absolute atomic E-state index is 12.8. The Hall–Kier alpha value is -3.41. The number of hydrogen-bond acceptors (Lipinski definition) is 3. The van der Waals surface area contributed by atoms with Gasteiger partial charge in [-0.1, -0.05) is 12.1 Å². The van der Waals surface area contributed by atoms with E-state index >= 15 is 0 Å². The van der Waals surface area contributed by atoms with Crippen molar-refractivity contribution in [3.05, 3.63) is 72.1 Å². The van der Waals surface area contributed by atoms with Crippen molar-refractivity contribution in [2.75, 3.05) is 16.8 Å². The second-order valence-electron chi connectivity index (χ2n) is 6.19. The predicted octanol–water partition coefficient (Wildman–Crippen LogP) is 3.03. The zero-order valence-corrected chi connectivity index (χ0v) is 14.3. The quantitative estimate of drug-likeness (QED) is 0.793. The van der Waals surface area contributed by atoms with Gasteiger partial charge in [-0.05, 0) is 48.4 Å². The first kappa shape index (κ1) is 16.1. The van der Waals surface area contributed by atoms with Crippen LogP contribution in [0.3, 0.4) is 0 Å². The highest BCUT2D eigenvalue weighted by Gasteiger charge is 2.22. The Morgan fingerprint density at radius 3 is 2.69 bits per heavy atom. The first-order valence-electron chi connectivity index (χ1n) is 8.45. The molecule has 2 heterocycles. The summed E-state index contributed by atoms with van der Waals surface area (Å²) in [6, 6.07) is 14.8. The molecule has 0 bridgehead atoms. The summed E-state index contributed by atoms with van der Waals surface area (Å²) in [6.45, 7) is 2.25. The third-order valence-corrected chi connectivity index (χ3v) is 4.51. The first-order chi connectivity index (χ1) is 12.6. The molecule has 0 unspecified atom stereocenters. The van der Waals surface area contributed by atoms with Gasteiger partial charge in [0.15, 0.2) is 0 Å². The summed E-state index contributed by atoms with van der Waals surface area (Å²) in [5, 5.41) is 7.16. The molecular weight excluding hydrogens is 328 g/mol. The van der Waals surface area contributed by atoms with Gasteiger partial charge in [-0.2, -0.15) is 5.10 Å². The molecule has 0 spiro atoms. The average Bonchev–Trinajstić information content (AvgIpc) is 3.31. The molecule has 1 aromatic heterocycles. The molecule has 3 aromatic rings. The van der Waals surface area contributed by atoms with Gasteiger partial charge in [0.05, 0.1) is 11.3 Å². The van der Waals surface area contributed by atoms with Crippen molar-refractivity contribution in [2.24, 2.45) is 0 Å². The fourth-order valence-electron chi connectivity index (χ4n) is 3.28. The number of nitrogens with one attached hydrogen (secondary N) is 1. The molecule has 1 aliphatic heterocycles. The van der Waals surface area contributed by atoms with Crippen molar-refractivity contribution in [2.45, 2.75) is 13.3 Å². The average molecular weight is 346 g/mol. The molecule has 0 fully saturated rings. The Kier molecular flexibility index (Phi) is 4.01. The summed E-state index contributed by atoms with van der Waals surface area (Å²) in [7, 11) is 0. The summed E-state index contributed by atoms with van der Waals surface area (Å²) in [5.74, 6) is -0.161. The van der Waals surface area contributed by atoms with Crippen LogP contribution in [0.2, 0.25) is 0 Å². The molecule has 6 nitrogen and oxygen atoms in total. The van der Waals surface area contributed by atoms with Gasteiger partial charge in [-0.15, -0.1) is 0 Å². The van der Waals surface area contributed by atoms with Crippen LogP contribution >= 0.6 is 0 Å². The van der Waals surface area contributed by atoms with Gasteiger partial charge in [-0.3, -0.25) is 9.59 Å². The number of rotatable bonds is 3. The Balaban J connectivity index is 1.60. The highest BCUT2D eigenvalue weighted by Crippen LogP contribution is 2.30. The van der Waals surface area contributed by atoms with E-state index in [1.54, 1.807) is 35.0 Å². The number of hydrogen-bond donors (Lipinski definition) is 1. The molecule has 2 amide bonds. The minimum Gasteiger partial charge on any atom is -0.322 e. The van der Waals surface area contributed by atoms with Gasteiger partial charge < -0.3 is 10.2 Å². The lowest BCUT2D eigenvalue weighted by Crippen LogP contribution is -2.25. The Morgan fingerprint density at radius 1 is 1.08 bits per heavy atom. The van der Waals surface area contributed by atoms with Gasteiger partial charge >= 0.3 is 0 Å². The molecule has 2 aromatic carbocycles. The van der Waals surface area contributed by atoms with Crippen LogP contribution in [0.15, 0.2) is 60.9 Å². The normalized spacial score (nSPS) is 12.7. The van der Waals surface area contributed by atoms with Crippen molar-refractivity contribution < 1.29 is 9.59 Å². The molecule has 26 heavy (non-hydrogen) atoms. The first-order valence-corrected chi connectivity index (χ1v) is 8.45. The van der Waals surface area contributed by atoms with Crippen molar-refractivity contribution in [1.29, 1.82) is 0 Å². The molecule has 130 valence electrons. The van der Waals surface area contributed by atoms with Crippen LogP contribution in [0.25, 0.3) is 5.69 Å². The number of carbonyl (C=O) groups excluding carboxylic acids is 2. The van der Waals surface area contributed by atoms with Crippen LogP contribution in [0.5, 0.6) is 0 Å². The molecule has 0 atom stereocenters. The molecular formula is C20H18N4O2. The number of para-hydroxylation sites is 1. The maximum Gasteiger partial charge on any atom is 0.257 e. The van der Waals surface area contributed by atoms with E-state index < -0.39 is 0 Å². The van der Waals surface area contributed by atoms with Crippen molar-refractivity contribution >= 4 is 23.2 Å². The van der Waals surface area contributed by atoms with Crippen LogP contribution in [0, 0.1) is 0 Å². The smallest absolute Gasteiger partial charge is 0.257 e. The lowest BCUT2D eigenvalue weighted by Gasteiger charge is -2.15. The number of fused-ring (bicyclic) bond motifs is 1. The molecule has 1 N–H and O–H groups in total. The Labute approximate surface area is 151 Å². The van der Waals surface area contributed by atoms with Gasteiger partial charge in [-0.25, -0.2) is 4.68 Å². The van der Waals surface area contributed by atoms with E-state index in [2.05, 4.69) is 10.4 Å². The van der Waals surface area contributed by atoms with Crippen LogP contribution < -0.4 is 10.2 Å². The van der Waals surface area contributed by atoms with E-state index in [-0.39, 0.29) is 11.8 Å². The van der Waals surface area contributed by atoms with E-state index in [0.717, 1.165) is 29.0 Å². The second kappa shape index (κ2) is 6.48. The van der Waals surface area contributed by atoms with E-state index in [4.69, 9.17) is 0 Å². The van der Waals surface area contributed by atoms with Crippen molar-refractivity contribution in [3.63, 3.8) is 0 Å². The third kappa shape index (κ3) is 2.86. The number of amides is 2. The van der Waals surface area contributed by atoms with Crippen LogP contribution in [0.1, 0.15) is 22.8 Å². The number of carbonyl (C=O) groups is 2. The molecule has 1 aliphatic rings. The van der Waals surface area contributed by atoms with Gasteiger partial charge in [0.2, 0.25) is 5.91 Å². The summed E-state index contributed by atoms with van der Waals surface area (Å²) < 4.78 is 1.67. The van der Waals surface area contributed by atoms with Gasteiger partial charge in [0, 0.05) is 37.2 Å². The Morgan fingerprint density at radius 2 is 1.92 bits per heavy atom. The van der Waals surface area contributed by atoms with E-state index in [1.807, 2.05) is 42.5 Å². The molecule has 4 rings (SSSR count). The van der Waals surface area contributed by atoms with Crippen molar-refractivity contribution in [3.8, 4) is 5.69 Å². The number of benzene rings is 2. The summed E-state index contributed by atoms with van der Waals surface area (Å²) in [4.78, 5) is 26.2. The lowest BCUT2D eigenvalue weighted by molar-refractivity contribution is -0.116. The fraction of sp³-hybridized carbons (Fsp3) is 0.150. The van der Waals surface area contributed by atoms with Gasteiger partial charge in [0.25, 0.3) is 5.91 Å². The van der Waals surface area contributed by atoms with E-state index in [0.29, 0.717) is 12.1 Å². The third-order valence-electron chi connectivity index (χ3n) is 4.51. The second-order valence-corrected chi connectivity index (χ2v) is 6.19.